The highest BCUT2D eigenvalue weighted by molar-refractivity contribution is 7.89. The molecule has 0 unspecified atom stereocenters. The Hall–Kier alpha value is -1.07. The molecule has 1 N–H and O–H groups in total. The summed E-state index contributed by atoms with van der Waals surface area (Å²) in [6.45, 7) is 7.59. The number of nitrogens with one attached hydrogen (secondary N) is 1. The summed E-state index contributed by atoms with van der Waals surface area (Å²) in [5.74, 6) is 0.383. The summed E-state index contributed by atoms with van der Waals surface area (Å²) < 4.78 is 32.3. The Morgan fingerprint density at radius 3 is 2.33 bits per heavy atom. The van der Waals surface area contributed by atoms with Crippen LogP contribution in [0.2, 0.25) is 0 Å². The monoisotopic (exact) mass is 271 g/mol. The van der Waals surface area contributed by atoms with E-state index in [0.29, 0.717) is 5.75 Å². The maximum absolute atomic E-state index is 12.3. The lowest BCUT2D eigenvalue weighted by Gasteiger charge is -2.16. The molecule has 4 nitrogen and oxygen atoms in total. The smallest absolute Gasteiger partial charge is 0.244 e. The Balaban J connectivity index is 3.27. The van der Waals surface area contributed by atoms with Gasteiger partial charge in [0.25, 0.3) is 0 Å². The van der Waals surface area contributed by atoms with Crippen LogP contribution in [0.1, 0.15) is 31.4 Å². The van der Waals surface area contributed by atoms with E-state index >= 15 is 0 Å². The van der Waals surface area contributed by atoms with E-state index in [1.54, 1.807) is 12.1 Å². The van der Waals surface area contributed by atoms with Gasteiger partial charge in [0.2, 0.25) is 10.0 Å². The van der Waals surface area contributed by atoms with Crippen LogP contribution in [-0.2, 0) is 10.0 Å². The molecule has 0 saturated heterocycles. The Morgan fingerprint density at radius 2 is 1.83 bits per heavy atom. The normalized spacial score (nSPS) is 13.4. The van der Waals surface area contributed by atoms with Crippen molar-refractivity contribution in [1.29, 1.82) is 0 Å². The number of rotatable bonds is 5. The van der Waals surface area contributed by atoms with E-state index in [9.17, 15) is 8.42 Å². The molecule has 0 amide bonds. The number of benzene rings is 1. The van der Waals surface area contributed by atoms with Gasteiger partial charge in [0.15, 0.2) is 0 Å². The van der Waals surface area contributed by atoms with Crippen LogP contribution < -0.4 is 9.46 Å². The maximum atomic E-state index is 12.3. The van der Waals surface area contributed by atoms with Crippen molar-refractivity contribution >= 4 is 10.0 Å². The van der Waals surface area contributed by atoms with Gasteiger partial charge >= 0.3 is 0 Å². The molecule has 0 saturated carbocycles. The summed E-state index contributed by atoms with van der Waals surface area (Å²) in [7, 11) is -2.05. The lowest BCUT2D eigenvalue weighted by Crippen LogP contribution is -2.32. The predicted octanol–water partition coefficient (Wildman–Crippen LogP) is 2.39. The molecule has 1 aromatic carbocycles. The number of aryl methyl sites for hydroxylation is 2. The second-order valence-corrected chi connectivity index (χ2v) is 6.20. The second-order valence-electron chi connectivity index (χ2n) is 4.52. The fourth-order valence-corrected chi connectivity index (χ4v) is 3.11. The molecule has 1 atom stereocenters. The third-order valence-corrected chi connectivity index (χ3v) is 4.65. The molecule has 0 bridgehead atoms. The molecule has 5 heteroatoms. The highest BCUT2D eigenvalue weighted by Gasteiger charge is 2.21. The molecule has 1 rings (SSSR count). The molecule has 102 valence electrons. The highest BCUT2D eigenvalue weighted by Crippen LogP contribution is 2.27. The standard InChI is InChI=1S/C13H21NO3S/c1-6-11(4)14-18(15,16)13-8-10(3)9(2)7-12(13)17-5/h7-8,11,14H,6H2,1-5H3/t11-/m0/s1. The Bertz CT molecular complexity index is 523. The van der Waals surface area contributed by atoms with Crippen LogP contribution in [0, 0.1) is 13.8 Å². The number of hydrogen-bond donors (Lipinski definition) is 1. The second kappa shape index (κ2) is 5.71. The molecule has 1 aromatic rings. The van der Waals surface area contributed by atoms with Crippen LogP contribution in [0.4, 0.5) is 0 Å². The third kappa shape index (κ3) is 3.23. The first-order chi connectivity index (χ1) is 8.31. The predicted molar refractivity (Wildman–Crippen MR) is 72.5 cm³/mol. The lowest BCUT2D eigenvalue weighted by molar-refractivity contribution is 0.401. The summed E-state index contributed by atoms with van der Waals surface area (Å²) in [5.41, 5.74) is 1.94. The fourth-order valence-electron chi connectivity index (χ4n) is 1.54. The van der Waals surface area contributed by atoms with E-state index in [0.717, 1.165) is 17.5 Å². The number of sulfonamides is 1. The van der Waals surface area contributed by atoms with Crippen molar-refractivity contribution in [2.24, 2.45) is 0 Å². The summed E-state index contributed by atoms with van der Waals surface area (Å²) in [6.07, 6.45) is 0.742. The quantitative estimate of drug-likeness (QED) is 0.894. The van der Waals surface area contributed by atoms with E-state index in [4.69, 9.17) is 4.74 Å². The summed E-state index contributed by atoms with van der Waals surface area (Å²) in [6, 6.07) is 3.31. The Kier molecular flexibility index (Phi) is 4.76. The van der Waals surface area contributed by atoms with Crippen molar-refractivity contribution in [1.82, 2.24) is 4.72 Å². The van der Waals surface area contributed by atoms with Crippen molar-refractivity contribution in [2.75, 3.05) is 7.11 Å². The third-order valence-electron chi connectivity index (χ3n) is 3.04. The molecule has 0 heterocycles. The molecule has 0 aromatic heterocycles. The minimum atomic E-state index is -3.53. The zero-order valence-electron chi connectivity index (χ0n) is 11.6. The zero-order chi connectivity index (χ0) is 13.9. The molecule has 0 aliphatic heterocycles. The minimum Gasteiger partial charge on any atom is -0.495 e. The van der Waals surface area contributed by atoms with E-state index in [1.807, 2.05) is 27.7 Å². The molecule has 0 spiro atoms. The van der Waals surface area contributed by atoms with Gasteiger partial charge in [0.1, 0.15) is 10.6 Å². The number of ether oxygens (including phenoxy) is 1. The first kappa shape index (κ1) is 15.0. The van der Waals surface area contributed by atoms with Gasteiger partial charge in [0, 0.05) is 6.04 Å². The molecule has 0 fully saturated rings. The molecular formula is C13H21NO3S. The van der Waals surface area contributed by atoms with Crippen LogP contribution in [-0.4, -0.2) is 21.6 Å². The summed E-state index contributed by atoms with van der Waals surface area (Å²) >= 11 is 0. The van der Waals surface area contributed by atoms with Gasteiger partial charge in [-0.1, -0.05) is 6.92 Å². The summed E-state index contributed by atoms with van der Waals surface area (Å²) in [4.78, 5) is 0.202. The van der Waals surface area contributed by atoms with Gasteiger partial charge in [-0.2, -0.15) is 0 Å². The van der Waals surface area contributed by atoms with Crippen molar-refractivity contribution in [3.63, 3.8) is 0 Å². The maximum Gasteiger partial charge on any atom is 0.244 e. The van der Waals surface area contributed by atoms with Gasteiger partial charge in [0.05, 0.1) is 7.11 Å². The highest BCUT2D eigenvalue weighted by atomic mass is 32.2. The van der Waals surface area contributed by atoms with E-state index in [1.165, 1.54) is 7.11 Å². The number of hydrogen-bond acceptors (Lipinski definition) is 3. The first-order valence-electron chi connectivity index (χ1n) is 5.99. The van der Waals surface area contributed by atoms with Crippen LogP contribution in [0.5, 0.6) is 5.75 Å². The summed E-state index contributed by atoms with van der Waals surface area (Å²) in [5, 5.41) is 0. The van der Waals surface area contributed by atoms with Crippen LogP contribution >= 0.6 is 0 Å². The van der Waals surface area contributed by atoms with E-state index < -0.39 is 10.0 Å². The van der Waals surface area contributed by atoms with Crippen molar-refractivity contribution in [3.8, 4) is 5.75 Å². The lowest BCUT2D eigenvalue weighted by atomic mass is 10.1. The van der Waals surface area contributed by atoms with E-state index in [2.05, 4.69) is 4.72 Å². The molecule has 0 radical (unpaired) electrons. The number of methoxy groups -OCH3 is 1. The van der Waals surface area contributed by atoms with Gasteiger partial charge in [-0.3, -0.25) is 0 Å². The van der Waals surface area contributed by atoms with Crippen LogP contribution in [0.3, 0.4) is 0 Å². The van der Waals surface area contributed by atoms with Gasteiger partial charge in [-0.05, 0) is 50.5 Å². The largest absolute Gasteiger partial charge is 0.495 e. The molecule has 18 heavy (non-hydrogen) atoms. The average Bonchev–Trinajstić information content (AvgIpc) is 2.31. The van der Waals surface area contributed by atoms with Crippen molar-refractivity contribution in [2.45, 2.75) is 45.1 Å². The van der Waals surface area contributed by atoms with Crippen LogP contribution in [0.15, 0.2) is 17.0 Å². The SMILES string of the molecule is CC[C@H](C)NS(=O)(=O)c1cc(C)c(C)cc1OC. The van der Waals surface area contributed by atoms with Gasteiger partial charge in [-0.15, -0.1) is 0 Å². The zero-order valence-corrected chi connectivity index (χ0v) is 12.4. The van der Waals surface area contributed by atoms with Gasteiger partial charge < -0.3 is 4.74 Å². The first-order valence-corrected chi connectivity index (χ1v) is 7.47. The van der Waals surface area contributed by atoms with Crippen LogP contribution in [0.25, 0.3) is 0 Å². The Morgan fingerprint density at radius 1 is 1.28 bits per heavy atom. The van der Waals surface area contributed by atoms with Gasteiger partial charge in [-0.25, -0.2) is 13.1 Å². The molecule has 0 aliphatic rings. The Labute approximate surface area is 109 Å². The van der Waals surface area contributed by atoms with Crippen molar-refractivity contribution in [3.05, 3.63) is 23.3 Å². The fraction of sp³-hybridized carbons (Fsp3) is 0.538. The molecule has 0 aliphatic carbocycles. The average molecular weight is 271 g/mol. The topological polar surface area (TPSA) is 55.4 Å². The minimum absolute atomic E-state index is 0.0960. The van der Waals surface area contributed by atoms with Crippen molar-refractivity contribution < 1.29 is 13.2 Å². The molecular weight excluding hydrogens is 250 g/mol. The van der Waals surface area contributed by atoms with E-state index in [-0.39, 0.29) is 10.9 Å².